The molecule has 1 N–H and O–H groups in total. The second kappa shape index (κ2) is 5.20. The number of pyridine rings is 1. The van der Waals surface area contributed by atoms with Gasteiger partial charge in [-0.25, -0.2) is 13.1 Å². The zero-order valence-corrected chi connectivity index (χ0v) is 14.5. The molecule has 128 valence electrons. The molecule has 0 atom stereocenters. The van der Waals surface area contributed by atoms with Crippen LogP contribution in [0.1, 0.15) is 38.3 Å². The van der Waals surface area contributed by atoms with Crippen molar-refractivity contribution in [2.75, 3.05) is 11.3 Å². The fourth-order valence-electron chi connectivity index (χ4n) is 2.90. The van der Waals surface area contributed by atoms with Crippen LogP contribution in [0.3, 0.4) is 0 Å². The molecular formula is C16H20N4O3S. The molecule has 0 bridgehead atoms. The van der Waals surface area contributed by atoms with E-state index in [4.69, 9.17) is 4.74 Å². The van der Waals surface area contributed by atoms with Gasteiger partial charge in [0.25, 0.3) is 10.0 Å². The lowest BCUT2D eigenvalue weighted by atomic mass is 9.94. The number of hydrogen-bond donors (Lipinski definition) is 1. The summed E-state index contributed by atoms with van der Waals surface area (Å²) in [6.45, 7) is 5.20. The highest BCUT2D eigenvalue weighted by atomic mass is 32.2. The first-order valence-electron chi connectivity index (χ1n) is 8.02. The fraction of sp³-hybridized carbons (Fsp3) is 0.500. The predicted octanol–water partition coefficient (Wildman–Crippen LogP) is 2.37. The molecule has 0 spiro atoms. The second-order valence-electron chi connectivity index (χ2n) is 7.24. The summed E-state index contributed by atoms with van der Waals surface area (Å²) in [7, 11) is -3.78. The van der Waals surface area contributed by atoms with Gasteiger partial charge in [0.15, 0.2) is 4.90 Å². The topological polar surface area (TPSA) is 86.1 Å². The molecule has 7 nitrogen and oxygen atoms in total. The van der Waals surface area contributed by atoms with Gasteiger partial charge >= 0.3 is 0 Å². The fourth-order valence-corrected chi connectivity index (χ4v) is 4.05. The van der Waals surface area contributed by atoms with Crippen LogP contribution in [0.25, 0.3) is 0 Å². The third-order valence-electron chi connectivity index (χ3n) is 4.27. The first kappa shape index (κ1) is 15.4. The average Bonchev–Trinajstić information content (AvgIpc) is 3.26. The van der Waals surface area contributed by atoms with E-state index < -0.39 is 10.0 Å². The van der Waals surface area contributed by atoms with E-state index in [1.165, 1.54) is 6.20 Å². The maximum atomic E-state index is 12.8. The normalized spacial score (nSPS) is 19.4. The molecule has 0 unspecified atom stereocenters. The third kappa shape index (κ3) is 2.75. The van der Waals surface area contributed by atoms with Crippen LogP contribution in [0.2, 0.25) is 0 Å². The molecule has 0 aromatic carbocycles. The number of ether oxygens (including phenoxy) is 1. The zero-order valence-electron chi connectivity index (χ0n) is 13.7. The molecule has 1 saturated carbocycles. The second-order valence-corrected chi connectivity index (χ2v) is 8.89. The van der Waals surface area contributed by atoms with Crippen molar-refractivity contribution in [3.63, 3.8) is 0 Å². The smallest absolute Gasteiger partial charge is 0.268 e. The molecule has 1 fully saturated rings. The molecule has 2 aliphatic rings. The Morgan fingerprint density at radius 2 is 2.17 bits per heavy atom. The van der Waals surface area contributed by atoms with Crippen LogP contribution >= 0.6 is 0 Å². The lowest BCUT2D eigenvalue weighted by Gasteiger charge is -2.30. The van der Waals surface area contributed by atoms with Crippen LogP contribution in [0.4, 0.5) is 5.69 Å². The van der Waals surface area contributed by atoms with E-state index in [0.29, 0.717) is 30.6 Å². The van der Waals surface area contributed by atoms with Crippen LogP contribution in [-0.2, 0) is 16.6 Å². The van der Waals surface area contributed by atoms with E-state index in [-0.39, 0.29) is 10.3 Å². The lowest BCUT2D eigenvalue weighted by molar-refractivity contribution is 0.0971. The van der Waals surface area contributed by atoms with Crippen LogP contribution in [0.5, 0.6) is 5.88 Å². The van der Waals surface area contributed by atoms with Crippen LogP contribution in [0.15, 0.2) is 29.4 Å². The van der Waals surface area contributed by atoms with Crippen molar-refractivity contribution in [3.05, 3.63) is 30.2 Å². The van der Waals surface area contributed by atoms with Gasteiger partial charge < -0.3 is 4.74 Å². The number of nitrogens with zero attached hydrogens (tertiary/aromatic N) is 3. The molecule has 2 aromatic rings. The van der Waals surface area contributed by atoms with Crippen molar-refractivity contribution >= 4 is 15.7 Å². The third-order valence-corrected chi connectivity index (χ3v) is 5.62. The van der Waals surface area contributed by atoms with Gasteiger partial charge in [0.2, 0.25) is 5.88 Å². The molecule has 24 heavy (non-hydrogen) atoms. The van der Waals surface area contributed by atoms with E-state index in [9.17, 15) is 8.42 Å². The van der Waals surface area contributed by atoms with E-state index in [1.54, 1.807) is 23.0 Å². The van der Waals surface area contributed by atoms with E-state index in [0.717, 1.165) is 18.5 Å². The monoisotopic (exact) mass is 348 g/mol. The largest absolute Gasteiger partial charge is 0.476 e. The molecule has 1 aliphatic heterocycles. The summed E-state index contributed by atoms with van der Waals surface area (Å²) in [5.41, 5.74) is 1.27. The molecule has 4 rings (SSSR count). The highest BCUT2D eigenvalue weighted by Crippen LogP contribution is 2.42. The molecule has 1 aliphatic carbocycles. The zero-order chi connectivity index (χ0) is 16.9. The minimum Gasteiger partial charge on any atom is -0.476 e. The number of sulfonamides is 1. The van der Waals surface area contributed by atoms with E-state index in [1.807, 2.05) is 0 Å². The Labute approximate surface area is 141 Å². The summed E-state index contributed by atoms with van der Waals surface area (Å²) in [6.07, 6.45) is 5.14. The number of fused-ring (bicyclic) bond motifs is 1. The number of hydrogen-bond acceptors (Lipinski definition) is 5. The van der Waals surface area contributed by atoms with Gasteiger partial charge in [0.1, 0.15) is 0 Å². The Balaban J connectivity index is 1.66. The first-order valence-corrected chi connectivity index (χ1v) is 9.50. The maximum Gasteiger partial charge on any atom is 0.268 e. The van der Waals surface area contributed by atoms with Crippen molar-refractivity contribution in [1.82, 2.24) is 14.8 Å². The van der Waals surface area contributed by atoms with Gasteiger partial charge in [-0.2, -0.15) is 5.10 Å². The molecule has 2 aromatic heterocycles. The summed E-state index contributed by atoms with van der Waals surface area (Å²) in [4.78, 5) is 4.41. The Hall–Kier alpha value is -2.09. The first-order chi connectivity index (χ1) is 11.4. The van der Waals surface area contributed by atoms with Crippen molar-refractivity contribution in [2.45, 2.75) is 44.0 Å². The minimum atomic E-state index is -3.78. The number of rotatable bonds is 4. The Bertz CT molecular complexity index is 884. The molecular weight excluding hydrogens is 328 g/mol. The average molecular weight is 348 g/mol. The minimum absolute atomic E-state index is 0.0728. The van der Waals surface area contributed by atoms with Crippen LogP contribution in [0, 0.1) is 5.41 Å². The highest BCUT2D eigenvalue weighted by molar-refractivity contribution is 7.92. The van der Waals surface area contributed by atoms with Gasteiger partial charge in [-0.05, 0) is 25.0 Å². The predicted molar refractivity (Wildman–Crippen MR) is 88.5 cm³/mol. The molecule has 8 heteroatoms. The standard InChI is InChI=1S/C16H20N4O3S/c1-16(2)9-20-15(23-10-16)13(8-18-20)24(21,22)19-12-4-3-7-17-14(12)11-5-6-11/h3-4,7-8,11,19H,5-6,9-10H2,1-2H3. The Morgan fingerprint density at radius 1 is 1.38 bits per heavy atom. The molecule has 3 heterocycles. The van der Waals surface area contributed by atoms with Gasteiger partial charge in [-0.3, -0.25) is 9.71 Å². The number of anilines is 1. The molecule has 0 amide bonds. The van der Waals surface area contributed by atoms with Crippen molar-refractivity contribution in [2.24, 2.45) is 5.41 Å². The maximum absolute atomic E-state index is 12.8. The van der Waals surface area contributed by atoms with Crippen molar-refractivity contribution < 1.29 is 13.2 Å². The summed E-state index contributed by atoms with van der Waals surface area (Å²) in [6, 6.07) is 3.48. The number of nitrogens with one attached hydrogen (secondary N) is 1. The van der Waals surface area contributed by atoms with Gasteiger partial charge in [0, 0.05) is 17.5 Å². The summed E-state index contributed by atoms with van der Waals surface area (Å²) in [5.74, 6) is 0.653. The molecule has 0 saturated heterocycles. The summed E-state index contributed by atoms with van der Waals surface area (Å²) < 4.78 is 35.6. The summed E-state index contributed by atoms with van der Waals surface area (Å²) >= 11 is 0. The van der Waals surface area contributed by atoms with Gasteiger partial charge in [-0.15, -0.1) is 0 Å². The van der Waals surface area contributed by atoms with Gasteiger partial charge in [0.05, 0.1) is 30.7 Å². The van der Waals surface area contributed by atoms with E-state index in [2.05, 4.69) is 28.7 Å². The Kier molecular flexibility index (Phi) is 3.35. The number of aromatic nitrogens is 3. The van der Waals surface area contributed by atoms with Crippen molar-refractivity contribution in [3.8, 4) is 5.88 Å². The summed E-state index contributed by atoms with van der Waals surface area (Å²) in [5, 5.41) is 4.19. The Morgan fingerprint density at radius 3 is 2.92 bits per heavy atom. The molecule has 0 radical (unpaired) electrons. The SMILES string of the molecule is CC1(C)COc2c(S(=O)(=O)Nc3cccnc3C3CC3)cnn2C1. The van der Waals surface area contributed by atoms with Gasteiger partial charge in [-0.1, -0.05) is 13.8 Å². The van der Waals surface area contributed by atoms with E-state index >= 15 is 0 Å². The quantitative estimate of drug-likeness (QED) is 0.917. The highest BCUT2D eigenvalue weighted by Gasteiger charge is 2.34. The lowest BCUT2D eigenvalue weighted by Crippen LogP contribution is -2.33. The van der Waals surface area contributed by atoms with Crippen LogP contribution < -0.4 is 9.46 Å². The van der Waals surface area contributed by atoms with Crippen molar-refractivity contribution in [1.29, 1.82) is 0 Å². The van der Waals surface area contributed by atoms with Crippen LogP contribution in [-0.4, -0.2) is 29.8 Å².